The first-order valence-corrected chi connectivity index (χ1v) is 16.0. The fraction of sp³-hybridized carbons (Fsp3) is 0.513. The highest BCUT2D eigenvalue weighted by Gasteiger charge is 2.44. The van der Waals surface area contributed by atoms with Crippen LogP contribution < -0.4 is 4.90 Å². The molecule has 0 amide bonds. The summed E-state index contributed by atoms with van der Waals surface area (Å²) in [5, 5.41) is 0. The minimum atomic E-state index is -0.0155. The molecule has 0 atom stereocenters. The molecule has 0 aliphatic carbocycles. The minimum absolute atomic E-state index is 0.0101. The average Bonchev–Trinajstić information content (AvgIpc) is 3.22. The predicted molar refractivity (Wildman–Crippen MR) is 180 cm³/mol. The number of likely N-dealkylation sites (N-methyl/N-ethyl adjacent to an activating group) is 1. The number of unbranched alkanes of at least 4 members (excludes halogenated alkanes) is 2. The molecule has 0 saturated carbocycles. The zero-order chi connectivity index (χ0) is 30.1. The lowest BCUT2D eigenvalue weighted by Gasteiger charge is -2.25. The van der Waals surface area contributed by atoms with Gasteiger partial charge in [0.05, 0.1) is 5.41 Å². The van der Waals surface area contributed by atoms with Gasteiger partial charge in [-0.25, -0.2) is 0 Å². The molecule has 2 aromatic carbocycles. The van der Waals surface area contributed by atoms with Crippen molar-refractivity contribution in [1.29, 1.82) is 0 Å². The van der Waals surface area contributed by atoms with Gasteiger partial charge in [-0.05, 0) is 107 Å². The molecule has 0 fully saturated rings. The number of allylic oxidation sites excluding steroid dienone is 6. The molecule has 0 aromatic heterocycles. The maximum absolute atomic E-state index is 2.61. The summed E-state index contributed by atoms with van der Waals surface area (Å²) in [6.45, 7) is 27.4. The SMILES string of the molecule is CCN1/C(=C/C=C/C=C/C2=[N+](CCCCCC(C)C)c3cc(C)c(C)cc3C2(C)C)C(C)(C)c2cc(C)c(C)cc21. The molecule has 2 aliphatic heterocycles. The second-order valence-electron chi connectivity index (χ2n) is 14.0. The van der Waals surface area contributed by atoms with Gasteiger partial charge in [-0.2, -0.15) is 4.58 Å². The van der Waals surface area contributed by atoms with Crippen molar-refractivity contribution in [2.45, 2.75) is 113 Å². The summed E-state index contributed by atoms with van der Waals surface area (Å²) in [5.41, 5.74) is 13.9. The van der Waals surface area contributed by atoms with Gasteiger partial charge in [0.1, 0.15) is 6.54 Å². The molecule has 41 heavy (non-hydrogen) atoms. The second-order valence-corrected chi connectivity index (χ2v) is 14.0. The fourth-order valence-corrected chi connectivity index (χ4v) is 6.80. The van der Waals surface area contributed by atoms with Crippen molar-refractivity contribution in [2.24, 2.45) is 5.92 Å². The van der Waals surface area contributed by atoms with Gasteiger partial charge in [-0.1, -0.05) is 64.8 Å². The first-order valence-electron chi connectivity index (χ1n) is 16.0. The quantitative estimate of drug-likeness (QED) is 0.162. The average molecular weight is 552 g/mol. The van der Waals surface area contributed by atoms with Crippen LogP contribution in [0.1, 0.15) is 108 Å². The maximum Gasteiger partial charge on any atom is 0.210 e. The molecule has 2 nitrogen and oxygen atoms in total. The van der Waals surface area contributed by atoms with Crippen LogP contribution in [0.2, 0.25) is 0 Å². The molecule has 4 rings (SSSR count). The molecular formula is C39H55N2+. The van der Waals surface area contributed by atoms with E-state index in [4.69, 9.17) is 0 Å². The molecule has 2 aliphatic rings. The van der Waals surface area contributed by atoms with E-state index in [1.165, 1.54) is 81.8 Å². The highest BCUT2D eigenvalue weighted by atomic mass is 15.2. The van der Waals surface area contributed by atoms with E-state index in [2.05, 4.69) is 140 Å². The first kappa shape index (κ1) is 31.1. The van der Waals surface area contributed by atoms with Crippen LogP contribution in [0, 0.1) is 33.6 Å². The van der Waals surface area contributed by atoms with Gasteiger partial charge in [0.15, 0.2) is 5.71 Å². The molecule has 0 unspecified atom stereocenters. The molecule has 0 bridgehead atoms. The largest absolute Gasteiger partial charge is 0.344 e. The van der Waals surface area contributed by atoms with Gasteiger partial charge < -0.3 is 4.90 Å². The van der Waals surface area contributed by atoms with Crippen LogP contribution >= 0.6 is 0 Å². The minimum Gasteiger partial charge on any atom is -0.344 e. The highest BCUT2D eigenvalue weighted by molar-refractivity contribution is 6.03. The van der Waals surface area contributed by atoms with Crippen LogP contribution in [0.4, 0.5) is 11.4 Å². The van der Waals surface area contributed by atoms with Crippen LogP contribution in [-0.4, -0.2) is 23.4 Å². The van der Waals surface area contributed by atoms with E-state index < -0.39 is 0 Å². The Morgan fingerprint density at radius 1 is 0.756 bits per heavy atom. The van der Waals surface area contributed by atoms with Crippen molar-refractivity contribution in [2.75, 3.05) is 18.0 Å². The lowest BCUT2D eigenvalue weighted by Crippen LogP contribution is -2.28. The summed E-state index contributed by atoms with van der Waals surface area (Å²) in [6, 6.07) is 9.62. The zero-order valence-corrected chi connectivity index (χ0v) is 27.9. The van der Waals surface area contributed by atoms with Crippen LogP contribution in [0.25, 0.3) is 0 Å². The summed E-state index contributed by atoms with van der Waals surface area (Å²) < 4.78 is 2.61. The summed E-state index contributed by atoms with van der Waals surface area (Å²) in [7, 11) is 0. The van der Waals surface area contributed by atoms with E-state index in [1.807, 2.05) is 0 Å². The smallest absolute Gasteiger partial charge is 0.210 e. The van der Waals surface area contributed by atoms with Crippen molar-refractivity contribution in [1.82, 2.24) is 0 Å². The number of aryl methyl sites for hydroxylation is 4. The van der Waals surface area contributed by atoms with Crippen LogP contribution in [0.5, 0.6) is 0 Å². The number of rotatable bonds is 10. The summed E-state index contributed by atoms with van der Waals surface area (Å²) >= 11 is 0. The molecular weight excluding hydrogens is 496 g/mol. The van der Waals surface area contributed by atoms with Gasteiger partial charge in [0.2, 0.25) is 5.69 Å². The Balaban J connectivity index is 1.61. The third kappa shape index (κ3) is 6.04. The van der Waals surface area contributed by atoms with Crippen LogP contribution in [0.3, 0.4) is 0 Å². The zero-order valence-electron chi connectivity index (χ0n) is 27.9. The second kappa shape index (κ2) is 12.2. The Kier molecular flexibility index (Phi) is 9.22. The Bertz CT molecular complexity index is 1410. The van der Waals surface area contributed by atoms with Gasteiger partial charge in [0.25, 0.3) is 0 Å². The molecule has 2 heteroatoms. The van der Waals surface area contributed by atoms with Crippen molar-refractivity contribution >= 4 is 17.1 Å². The number of fused-ring (bicyclic) bond motifs is 2. The normalized spacial score (nSPS) is 18.5. The topological polar surface area (TPSA) is 6.25 Å². The molecule has 0 radical (unpaired) electrons. The number of anilines is 1. The molecule has 220 valence electrons. The van der Waals surface area contributed by atoms with Crippen molar-refractivity contribution in [3.05, 3.63) is 93.7 Å². The lowest BCUT2D eigenvalue weighted by atomic mass is 9.80. The van der Waals surface area contributed by atoms with E-state index in [9.17, 15) is 0 Å². The highest BCUT2D eigenvalue weighted by Crippen LogP contribution is 2.48. The van der Waals surface area contributed by atoms with E-state index in [0.717, 1.165) is 19.0 Å². The van der Waals surface area contributed by atoms with Crippen molar-refractivity contribution in [3.8, 4) is 0 Å². The fourth-order valence-electron chi connectivity index (χ4n) is 6.80. The Labute approximate surface area is 251 Å². The number of benzene rings is 2. The standard InChI is InChI=1S/C39H55N2/c1-12-40-34-25-30(6)28(4)23-32(34)38(8,9)36(40)20-16-13-17-21-37-39(10,11)33-24-29(5)31(7)26-35(33)41(37)22-18-14-15-19-27(2)3/h13,16-17,20-21,23-27H,12,14-15,18-19,22H2,1-11H3/q+1. The first-order chi connectivity index (χ1) is 19.3. The Morgan fingerprint density at radius 3 is 2.05 bits per heavy atom. The number of hydrogen-bond acceptors (Lipinski definition) is 1. The molecule has 0 spiro atoms. The van der Waals surface area contributed by atoms with Crippen molar-refractivity contribution in [3.63, 3.8) is 0 Å². The van der Waals surface area contributed by atoms with Gasteiger partial charge in [0, 0.05) is 47.5 Å². The number of nitrogens with zero attached hydrogens (tertiary/aromatic N) is 2. The predicted octanol–water partition coefficient (Wildman–Crippen LogP) is 10.3. The van der Waals surface area contributed by atoms with E-state index in [0.29, 0.717) is 0 Å². The van der Waals surface area contributed by atoms with Crippen LogP contribution in [0.15, 0.2) is 60.3 Å². The Hall–Kier alpha value is -2.87. The van der Waals surface area contributed by atoms with Crippen molar-refractivity contribution < 1.29 is 4.58 Å². The summed E-state index contributed by atoms with van der Waals surface area (Å²) in [6.07, 6.45) is 16.6. The monoisotopic (exact) mass is 551 g/mol. The summed E-state index contributed by atoms with van der Waals surface area (Å²) in [5.74, 6) is 0.792. The van der Waals surface area contributed by atoms with Gasteiger partial charge >= 0.3 is 0 Å². The third-order valence-electron chi connectivity index (χ3n) is 9.72. The number of hydrogen-bond donors (Lipinski definition) is 0. The van der Waals surface area contributed by atoms with Crippen LogP contribution in [-0.2, 0) is 10.8 Å². The Morgan fingerprint density at radius 2 is 1.39 bits per heavy atom. The lowest BCUT2D eigenvalue weighted by molar-refractivity contribution is -0.438. The van der Waals surface area contributed by atoms with Gasteiger partial charge in [-0.15, -0.1) is 0 Å². The third-order valence-corrected chi connectivity index (χ3v) is 9.72. The molecule has 2 aromatic rings. The molecule has 0 saturated heterocycles. The molecule has 2 heterocycles. The van der Waals surface area contributed by atoms with Gasteiger partial charge in [-0.3, -0.25) is 0 Å². The van der Waals surface area contributed by atoms with E-state index in [-0.39, 0.29) is 10.8 Å². The van der Waals surface area contributed by atoms with E-state index >= 15 is 0 Å². The maximum atomic E-state index is 2.61. The molecule has 0 N–H and O–H groups in total. The summed E-state index contributed by atoms with van der Waals surface area (Å²) in [4.78, 5) is 2.49. The van der Waals surface area contributed by atoms with E-state index in [1.54, 1.807) is 0 Å².